The largest absolute Gasteiger partial charge is 0.461 e. The van der Waals surface area contributed by atoms with Crippen LogP contribution in [-0.2, 0) is 28.7 Å². The fraction of sp³-hybridized carbons (Fsp3) is 0.308. The van der Waals surface area contributed by atoms with Gasteiger partial charge in [-0.05, 0) is 35.7 Å². The van der Waals surface area contributed by atoms with Gasteiger partial charge in [-0.1, -0.05) is 6.07 Å². The van der Waals surface area contributed by atoms with E-state index in [2.05, 4.69) is 15.4 Å². The molecule has 0 spiro atoms. The molecule has 14 heteroatoms. The quantitative estimate of drug-likeness (QED) is 0.368. The maximum atomic E-state index is 13.7. The lowest BCUT2D eigenvalue weighted by molar-refractivity contribution is -0.144. The van der Waals surface area contributed by atoms with Crippen molar-refractivity contribution in [3.8, 4) is 0 Å². The fourth-order valence-electron chi connectivity index (χ4n) is 4.26. The van der Waals surface area contributed by atoms with Crippen LogP contribution in [0.15, 0.2) is 53.0 Å². The van der Waals surface area contributed by atoms with Crippen LogP contribution < -0.4 is 10.6 Å². The van der Waals surface area contributed by atoms with Crippen molar-refractivity contribution >= 4 is 64.5 Å². The third kappa shape index (κ3) is 5.72. The molecule has 0 bridgehead atoms. The number of thioether (sulfide) groups is 1. The van der Waals surface area contributed by atoms with Gasteiger partial charge in [0.2, 0.25) is 11.8 Å². The number of hydrogen-bond acceptors (Lipinski definition) is 10. The number of rotatable bonds is 7. The minimum absolute atomic E-state index is 0.0212. The predicted molar refractivity (Wildman–Crippen MR) is 146 cm³/mol. The number of esters is 1. The molecule has 0 aliphatic carbocycles. The normalized spacial score (nSPS) is 19.6. The Kier molecular flexibility index (Phi) is 8.59. The lowest BCUT2D eigenvalue weighted by atomic mass is 9.93. The Labute approximate surface area is 237 Å². The summed E-state index contributed by atoms with van der Waals surface area (Å²) in [5, 5.41) is 6.17. The first kappa shape index (κ1) is 28.8. The molecular weight excluding hydrogens is 560 g/mol. The maximum absolute atomic E-state index is 13.7. The number of β-lactam (4-membered cyclic amide) rings is 1. The van der Waals surface area contributed by atoms with Gasteiger partial charge < -0.3 is 20.1 Å². The number of benzene rings is 1. The van der Waals surface area contributed by atoms with Gasteiger partial charge in [-0.2, -0.15) is 0 Å². The SMILES string of the molecule is COC(=O)N(C)C(=O)c1ccc(NC(=O)C2=C(COC(C)=O)C(NC(C)=O)S[C@@H]3[C@H](c4cccs4)C(=O)N23)cc1. The zero-order chi connectivity index (χ0) is 29.1. The van der Waals surface area contributed by atoms with E-state index in [1.165, 1.54) is 73.2 Å². The smallest absolute Gasteiger partial charge is 0.416 e. The van der Waals surface area contributed by atoms with Crippen LogP contribution in [0.4, 0.5) is 10.5 Å². The van der Waals surface area contributed by atoms with Crippen LogP contribution in [0, 0.1) is 0 Å². The van der Waals surface area contributed by atoms with E-state index < -0.39 is 40.5 Å². The van der Waals surface area contributed by atoms with Gasteiger partial charge in [-0.15, -0.1) is 23.1 Å². The lowest BCUT2D eigenvalue weighted by Crippen LogP contribution is -2.62. The molecule has 40 heavy (non-hydrogen) atoms. The highest BCUT2D eigenvalue weighted by Crippen LogP contribution is 2.51. The summed E-state index contributed by atoms with van der Waals surface area (Å²) in [7, 11) is 2.43. The van der Waals surface area contributed by atoms with Gasteiger partial charge in [0.25, 0.3) is 11.8 Å². The van der Waals surface area contributed by atoms with E-state index in [0.717, 1.165) is 16.9 Å². The highest BCUT2D eigenvalue weighted by Gasteiger charge is 2.56. The van der Waals surface area contributed by atoms with E-state index in [1.54, 1.807) is 0 Å². The Morgan fingerprint density at radius 2 is 1.77 bits per heavy atom. The topological polar surface area (TPSA) is 151 Å². The van der Waals surface area contributed by atoms with Crippen LogP contribution in [0.2, 0.25) is 0 Å². The molecule has 3 heterocycles. The second-order valence-electron chi connectivity index (χ2n) is 8.83. The van der Waals surface area contributed by atoms with Crippen molar-refractivity contribution in [3.05, 3.63) is 63.5 Å². The minimum Gasteiger partial charge on any atom is -0.461 e. The summed E-state index contributed by atoms with van der Waals surface area (Å²) in [6, 6.07) is 9.46. The molecule has 2 N–H and O–H groups in total. The summed E-state index contributed by atoms with van der Waals surface area (Å²) < 4.78 is 9.75. The first-order valence-electron chi connectivity index (χ1n) is 12.0. The molecule has 5 amide bonds. The molecule has 1 unspecified atom stereocenters. The highest BCUT2D eigenvalue weighted by atomic mass is 32.2. The van der Waals surface area contributed by atoms with Crippen LogP contribution in [0.5, 0.6) is 0 Å². The van der Waals surface area contributed by atoms with Crippen LogP contribution in [0.25, 0.3) is 0 Å². The van der Waals surface area contributed by atoms with Gasteiger partial charge in [0.15, 0.2) is 0 Å². The van der Waals surface area contributed by atoms with Gasteiger partial charge in [-0.3, -0.25) is 28.9 Å². The highest BCUT2D eigenvalue weighted by molar-refractivity contribution is 8.00. The number of imide groups is 1. The Balaban J connectivity index is 1.66. The van der Waals surface area contributed by atoms with Crippen molar-refractivity contribution in [3.63, 3.8) is 0 Å². The van der Waals surface area contributed by atoms with E-state index in [4.69, 9.17) is 4.74 Å². The zero-order valence-electron chi connectivity index (χ0n) is 22.0. The maximum Gasteiger partial charge on any atom is 0.416 e. The molecule has 2 aliphatic rings. The summed E-state index contributed by atoms with van der Waals surface area (Å²) in [6.07, 6.45) is -0.826. The number of nitrogens with one attached hydrogen (secondary N) is 2. The van der Waals surface area contributed by atoms with Gasteiger partial charge >= 0.3 is 12.1 Å². The second kappa shape index (κ2) is 11.9. The van der Waals surface area contributed by atoms with Crippen molar-refractivity contribution in [2.45, 2.75) is 30.5 Å². The van der Waals surface area contributed by atoms with Crippen LogP contribution >= 0.6 is 23.1 Å². The van der Waals surface area contributed by atoms with E-state index in [0.29, 0.717) is 5.69 Å². The number of hydrogen-bond donors (Lipinski definition) is 2. The second-order valence-corrected chi connectivity index (χ2v) is 11.0. The summed E-state index contributed by atoms with van der Waals surface area (Å²) in [6.45, 7) is 2.23. The molecule has 1 fully saturated rings. The molecule has 0 saturated carbocycles. The standard InChI is InChI=1S/C26H26N4O8S2/c1-13(31)27-22-17(12-38-14(2)32)20(30-24(35)19(25(30)40-22)18-6-5-11-39-18)21(33)28-16-9-7-15(8-10-16)23(34)29(3)26(36)37-4/h5-11,19,22,25H,12H2,1-4H3,(H,27,31)(H,28,33)/t19-,22?,25-/m1/s1. The molecule has 3 atom stereocenters. The molecule has 2 aliphatic heterocycles. The van der Waals surface area contributed by atoms with Crippen LogP contribution in [0.1, 0.15) is 35.0 Å². The van der Waals surface area contributed by atoms with Crippen LogP contribution in [-0.4, -0.2) is 77.0 Å². The fourth-order valence-corrected chi connectivity index (χ4v) is 6.80. The van der Waals surface area contributed by atoms with Crippen molar-refractivity contribution < 1.29 is 38.2 Å². The minimum atomic E-state index is -0.826. The number of fused-ring (bicyclic) bond motifs is 1. The number of ether oxygens (including phenoxy) is 2. The average molecular weight is 587 g/mol. The van der Waals surface area contributed by atoms with Gasteiger partial charge in [-0.25, -0.2) is 9.69 Å². The van der Waals surface area contributed by atoms with E-state index in [-0.39, 0.29) is 35.3 Å². The number of methoxy groups -OCH3 is 1. The van der Waals surface area contributed by atoms with E-state index in [1.807, 2.05) is 17.5 Å². The monoisotopic (exact) mass is 586 g/mol. The molecular formula is C26H26N4O8S2. The molecule has 2 aromatic rings. The predicted octanol–water partition coefficient (Wildman–Crippen LogP) is 2.50. The first-order chi connectivity index (χ1) is 19.0. The van der Waals surface area contributed by atoms with Gasteiger partial charge in [0, 0.05) is 42.6 Å². The number of nitrogens with zero attached hydrogens (tertiary/aromatic N) is 2. The van der Waals surface area contributed by atoms with E-state index >= 15 is 0 Å². The number of amides is 5. The number of carbonyl (C=O) groups is 6. The third-order valence-corrected chi connectivity index (χ3v) is 8.54. The molecule has 1 saturated heterocycles. The Bertz CT molecular complexity index is 1390. The Hall–Kier alpha value is -4.17. The number of anilines is 1. The molecule has 4 rings (SSSR count). The van der Waals surface area contributed by atoms with E-state index in [9.17, 15) is 28.8 Å². The van der Waals surface area contributed by atoms with Crippen molar-refractivity contribution in [1.82, 2.24) is 15.1 Å². The summed E-state index contributed by atoms with van der Waals surface area (Å²) >= 11 is 2.71. The van der Waals surface area contributed by atoms with Crippen molar-refractivity contribution in [2.24, 2.45) is 0 Å². The van der Waals surface area contributed by atoms with Crippen molar-refractivity contribution in [2.75, 3.05) is 26.1 Å². The number of carbonyl (C=O) groups excluding carboxylic acids is 6. The van der Waals surface area contributed by atoms with Gasteiger partial charge in [0.05, 0.1) is 7.11 Å². The van der Waals surface area contributed by atoms with Crippen LogP contribution in [0.3, 0.4) is 0 Å². The molecule has 210 valence electrons. The molecule has 0 radical (unpaired) electrons. The molecule has 12 nitrogen and oxygen atoms in total. The first-order valence-corrected chi connectivity index (χ1v) is 13.8. The number of thiophene rings is 1. The lowest BCUT2D eigenvalue weighted by Gasteiger charge is -2.51. The third-order valence-electron chi connectivity index (χ3n) is 6.15. The summed E-state index contributed by atoms with van der Waals surface area (Å²) in [5.74, 6) is -3.01. The molecule has 1 aromatic heterocycles. The molecule has 1 aromatic carbocycles. The Morgan fingerprint density at radius 3 is 2.35 bits per heavy atom. The summed E-state index contributed by atoms with van der Waals surface area (Å²) in [5.41, 5.74) is 0.716. The average Bonchev–Trinajstić information content (AvgIpc) is 3.44. The Morgan fingerprint density at radius 1 is 1.07 bits per heavy atom. The zero-order valence-corrected chi connectivity index (χ0v) is 23.6. The van der Waals surface area contributed by atoms with Crippen molar-refractivity contribution in [1.29, 1.82) is 0 Å². The van der Waals surface area contributed by atoms with Gasteiger partial charge in [0.1, 0.15) is 29.0 Å². The summed E-state index contributed by atoms with van der Waals surface area (Å²) in [4.78, 5) is 77.9.